The third-order valence-electron chi connectivity index (χ3n) is 2.46. The average molecular weight is 358 g/mol. The second-order valence-corrected chi connectivity index (χ2v) is 5.77. The smallest absolute Gasteiger partial charge is 0.322 e. The third kappa shape index (κ3) is 2.81. The van der Waals surface area contributed by atoms with Gasteiger partial charge in [0.25, 0.3) is 5.91 Å². The molecule has 104 valence electrons. The number of rotatable bonds is 3. The number of carboxylic acid groups (broad SMARTS) is 1. The van der Waals surface area contributed by atoms with E-state index in [1.165, 1.54) is 6.07 Å². The van der Waals surface area contributed by atoms with Gasteiger partial charge in [-0.1, -0.05) is 27.3 Å². The summed E-state index contributed by atoms with van der Waals surface area (Å²) in [6.45, 7) is -0.624. The van der Waals surface area contributed by atoms with Crippen LogP contribution in [0.1, 0.15) is 10.4 Å². The van der Waals surface area contributed by atoms with E-state index >= 15 is 0 Å². The summed E-state index contributed by atoms with van der Waals surface area (Å²) in [6.07, 6.45) is 0. The zero-order chi connectivity index (χ0) is 14.9. The van der Waals surface area contributed by atoms with Crippen molar-refractivity contribution in [3.8, 4) is 5.06 Å². The first-order chi connectivity index (χ1) is 9.40. The first-order valence-electron chi connectivity index (χ1n) is 5.35. The molecule has 0 aliphatic carbocycles. The maximum Gasteiger partial charge on any atom is 0.322 e. The molecule has 20 heavy (non-hydrogen) atoms. The average Bonchev–Trinajstić information content (AvgIpc) is 2.35. The van der Waals surface area contributed by atoms with Crippen molar-refractivity contribution in [1.82, 2.24) is 5.32 Å². The van der Waals surface area contributed by atoms with E-state index in [0.717, 1.165) is 15.8 Å². The Morgan fingerprint density at radius 1 is 1.35 bits per heavy atom. The second-order valence-electron chi connectivity index (χ2n) is 3.83. The lowest BCUT2D eigenvalue weighted by Crippen LogP contribution is -2.32. The van der Waals surface area contributed by atoms with Gasteiger partial charge in [-0.25, -0.2) is 0 Å². The van der Waals surface area contributed by atoms with Crippen LogP contribution in [-0.4, -0.2) is 28.6 Å². The summed E-state index contributed by atoms with van der Waals surface area (Å²) >= 11 is 4.12. The molecule has 0 spiro atoms. The van der Waals surface area contributed by atoms with Crippen LogP contribution in [0, 0.1) is 0 Å². The Labute approximate surface area is 124 Å². The van der Waals surface area contributed by atoms with Gasteiger partial charge in [-0.05, 0) is 18.2 Å². The fourth-order valence-corrected chi connectivity index (χ4v) is 3.06. The number of aliphatic carboxylic acids is 1. The summed E-state index contributed by atoms with van der Waals surface area (Å²) < 4.78 is 1.26. The molecule has 8 heteroatoms. The Morgan fingerprint density at radius 3 is 2.70 bits per heavy atom. The van der Waals surface area contributed by atoms with Gasteiger partial charge in [0.05, 0.1) is 0 Å². The van der Waals surface area contributed by atoms with E-state index in [1.54, 1.807) is 12.1 Å². The van der Waals surface area contributed by atoms with Crippen molar-refractivity contribution < 1.29 is 19.8 Å². The van der Waals surface area contributed by atoms with E-state index in [-0.39, 0.29) is 5.39 Å². The molecule has 0 bridgehead atoms. The fraction of sp³-hybridized carbons (Fsp3) is 0.0833. The molecule has 0 unspecified atom stereocenters. The third-order valence-corrected chi connectivity index (χ3v) is 3.91. The number of hydrogen-bond acceptors (Lipinski definition) is 5. The van der Waals surface area contributed by atoms with E-state index < -0.39 is 34.5 Å². The number of fused-ring (bicyclic) bond motifs is 1. The molecule has 0 atom stereocenters. The van der Waals surface area contributed by atoms with Crippen LogP contribution in [0.4, 0.5) is 0 Å². The number of nitrogens with one attached hydrogen (secondary N) is 1. The van der Waals surface area contributed by atoms with E-state index in [1.807, 2.05) is 0 Å². The first-order valence-corrected chi connectivity index (χ1v) is 6.96. The minimum absolute atomic E-state index is 0.288. The lowest BCUT2D eigenvalue weighted by molar-refractivity contribution is -0.135. The van der Waals surface area contributed by atoms with Gasteiger partial charge in [-0.3, -0.25) is 14.4 Å². The molecule has 2 aromatic rings. The summed E-state index contributed by atoms with van der Waals surface area (Å²) in [4.78, 5) is 34.3. The topological polar surface area (TPSA) is 104 Å². The van der Waals surface area contributed by atoms with Gasteiger partial charge >= 0.3 is 5.97 Å². The highest BCUT2D eigenvalue weighted by Crippen LogP contribution is 2.29. The molecule has 0 saturated carbocycles. The minimum Gasteiger partial charge on any atom is -0.499 e. The van der Waals surface area contributed by atoms with Crippen molar-refractivity contribution in [2.45, 2.75) is 0 Å². The molecule has 3 N–H and O–H groups in total. The predicted octanol–water partition coefficient (Wildman–Crippen LogP) is 1.54. The van der Waals surface area contributed by atoms with Crippen LogP contribution in [0.5, 0.6) is 5.06 Å². The van der Waals surface area contributed by atoms with Crippen molar-refractivity contribution in [2.24, 2.45) is 0 Å². The van der Waals surface area contributed by atoms with Gasteiger partial charge in [-0.15, -0.1) is 0 Å². The van der Waals surface area contributed by atoms with Crippen molar-refractivity contribution in [3.63, 3.8) is 0 Å². The van der Waals surface area contributed by atoms with Gasteiger partial charge in [-0.2, -0.15) is 0 Å². The minimum atomic E-state index is -1.24. The van der Waals surface area contributed by atoms with Gasteiger partial charge in [0.1, 0.15) is 12.1 Å². The lowest BCUT2D eigenvalue weighted by atomic mass is 10.2. The normalized spacial score (nSPS) is 10.4. The van der Waals surface area contributed by atoms with Crippen molar-refractivity contribution in [2.75, 3.05) is 6.54 Å². The van der Waals surface area contributed by atoms with Crippen LogP contribution in [0.25, 0.3) is 10.1 Å². The van der Waals surface area contributed by atoms with E-state index in [4.69, 9.17) is 5.11 Å². The monoisotopic (exact) mass is 357 g/mol. The number of carbonyl (C=O) groups is 2. The van der Waals surface area contributed by atoms with Crippen LogP contribution in [0.2, 0.25) is 0 Å². The molecule has 6 nitrogen and oxygen atoms in total. The quantitative estimate of drug-likeness (QED) is 0.772. The molecule has 0 saturated heterocycles. The van der Waals surface area contributed by atoms with Gasteiger partial charge in [0, 0.05) is 14.6 Å². The molecular formula is C12H8BrNO5S. The van der Waals surface area contributed by atoms with Crippen LogP contribution in [0.3, 0.4) is 0 Å². The van der Waals surface area contributed by atoms with Crippen LogP contribution < -0.4 is 10.7 Å². The summed E-state index contributed by atoms with van der Waals surface area (Å²) in [5, 5.41) is 20.2. The zero-order valence-corrected chi connectivity index (χ0v) is 12.2. The molecule has 0 aliphatic rings. The molecule has 1 heterocycles. The Hall–Kier alpha value is -1.93. The Morgan fingerprint density at radius 2 is 2.05 bits per heavy atom. The summed E-state index contributed by atoms with van der Waals surface area (Å²) in [5.41, 5.74) is -1.07. The highest BCUT2D eigenvalue weighted by molar-refractivity contribution is 9.10. The standard InChI is InChI=1S/C12H8BrNO5S/c13-5-1-2-6-7(3-5)20-12(19)9(10(6)17)11(18)14-4-8(15)16/h1-3,19H,4H2,(H,14,18)(H,15,16). The number of carboxylic acids is 1. The molecular weight excluding hydrogens is 350 g/mol. The second kappa shape index (κ2) is 5.59. The van der Waals surface area contributed by atoms with Gasteiger partial charge < -0.3 is 15.5 Å². The van der Waals surface area contributed by atoms with Crippen LogP contribution in [0.15, 0.2) is 27.5 Å². The Balaban J connectivity index is 2.54. The maximum atomic E-state index is 12.2. The van der Waals surface area contributed by atoms with Crippen molar-refractivity contribution >= 4 is 49.2 Å². The summed E-state index contributed by atoms with van der Waals surface area (Å²) in [7, 11) is 0. The molecule has 1 aromatic heterocycles. The van der Waals surface area contributed by atoms with E-state index in [0.29, 0.717) is 4.70 Å². The van der Waals surface area contributed by atoms with Crippen LogP contribution in [-0.2, 0) is 4.79 Å². The Kier molecular flexibility index (Phi) is 4.05. The molecule has 2 rings (SSSR count). The van der Waals surface area contributed by atoms with E-state index in [9.17, 15) is 19.5 Å². The van der Waals surface area contributed by atoms with Gasteiger partial charge in [0.15, 0.2) is 5.06 Å². The lowest BCUT2D eigenvalue weighted by Gasteiger charge is -2.05. The van der Waals surface area contributed by atoms with Crippen molar-refractivity contribution in [1.29, 1.82) is 0 Å². The summed E-state index contributed by atoms with van der Waals surface area (Å²) in [6, 6.07) is 4.83. The number of benzene rings is 1. The van der Waals surface area contributed by atoms with Gasteiger partial charge in [0.2, 0.25) is 5.43 Å². The Bertz CT molecular complexity index is 770. The fourth-order valence-electron chi connectivity index (χ4n) is 1.60. The highest BCUT2D eigenvalue weighted by Gasteiger charge is 2.19. The highest BCUT2D eigenvalue weighted by atomic mass is 79.9. The number of halogens is 1. The number of hydrogen-bond donors (Lipinski definition) is 3. The predicted molar refractivity (Wildman–Crippen MR) is 77.4 cm³/mol. The summed E-state index contributed by atoms with van der Waals surface area (Å²) in [5.74, 6) is -2.14. The largest absolute Gasteiger partial charge is 0.499 e. The van der Waals surface area contributed by atoms with E-state index in [2.05, 4.69) is 21.2 Å². The number of carbonyl (C=O) groups excluding carboxylic acids is 1. The molecule has 0 fully saturated rings. The van der Waals surface area contributed by atoms with Crippen molar-refractivity contribution in [3.05, 3.63) is 38.5 Å². The molecule has 1 amide bonds. The molecule has 0 radical (unpaired) electrons. The number of amides is 1. The first kappa shape index (κ1) is 14.5. The maximum absolute atomic E-state index is 12.2. The molecule has 0 aliphatic heterocycles. The zero-order valence-electron chi connectivity index (χ0n) is 9.84. The SMILES string of the molecule is O=C(O)CNC(=O)c1c(O)sc2cc(Br)ccc2c1=O. The van der Waals surface area contributed by atoms with Crippen LogP contribution >= 0.6 is 27.3 Å². The number of aromatic hydroxyl groups is 1. The molecule has 1 aromatic carbocycles.